The summed E-state index contributed by atoms with van der Waals surface area (Å²) in [6.07, 6.45) is 5.46. The molecule has 0 amide bonds. The van der Waals surface area contributed by atoms with E-state index in [2.05, 4.69) is 34.6 Å². The molecule has 6 heteroatoms. The van der Waals surface area contributed by atoms with E-state index in [0.717, 1.165) is 23.0 Å². The maximum atomic E-state index is 5.36. The van der Waals surface area contributed by atoms with Crippen molar-refractivity contribution in [2.24, 2.45) is 0 Å². The van der Waals surface area contributed by atoms with Crippen LogP contribution in [0.3, 0.4) is 0 Å². The molecule has 3 rings (SSSR count). The van der Waals surface area contributed by atoms with Gasteiger partial charge in [0.2, 0.25) is 0 Å². The van der Waals surface area contributed by atoms with Gasteiger partial charge in [0.1, 0.15) is 0 Å². The molecule has 0 unspecified atom stereocenters. The Morgan fingerprint density at radius 2 is 2.29 bits per heavy atom. The predicted octanol–water partition coefficient (Wildman–Crippen LogP) is 3.34. The van der Waals surface area contributed by atoms with Crippen molar-refractivity contribution in [1.29, 1.82) is 0 Å². The second-order valence-corrected chi connectivity index (χ2v) is 5.88. The minimum Gasteiger partial charge on any atom is -0.462 e. The van der Waals surface area contributed by atoms with Crippen molar-refractivity contribution < 1.29 is 4.42 Å². The fraction of sp³-hybridized carbons (Fsp3) is 0.333. The van der Waals surface area contributed by atoms with Crippen LogP contribution in [0.15, 0.2) is 46.7 Å². The van der Waals surface area contributed by atoms with Crippen LogP contribution in [-0.2, 0) is 6.54 Å². The molecule has 2 atom stereocenters. The molecule has 0 spiro atoms. The molecule has 0 bridgehead atoms. The van der Waals surface area contributed by atoms with Crippen LogP contribution in [0.1, 0.15) is 25.6 Å². The second-order valence-electron chi connectivity index (χ2n) is 5.02. The molecule has 0 radical (unpaired) electrons. The van der Waals surface area contributed by atoms with Crippen LogP contribution in [-0.4, -0.2) is 20.8 Å². The van der Waals surface area contributed by atoms with Crippen molar-refractivity contribution in [3.05, 3.63) is 47.9 Å². The van der Waals surface area contributed by atoms with Crippen molar-refractivity contribution in [3.63, 3.8) is 0 Å². The van der Waals surface area contributed by atoms with E-state index < -0.39 is 0 Å². The molecule has 3 heterocycles. The minimum atomic E-state index is 0.295. The van der Waals surface area contributed by atoms with Gasteiger partial charge in [-0.15, -0.1) is 11.3 Å². The van der Waals surface area contributed by atoms with Crippen LogP contribution in [0.4, 0.5) is 0 Å². The van der Waals surface area contributed by atoms with Crippen molar-refractivity contribution in [2.75, 3.05) is 0 Å². The van der Waals surface area contributed by atoms with Crippen LogP contribution in [0.25, 0.3) is 10.8 Å². The lowest BCUT2D eigenvalue weighted by atomic mass is 10.2. The van der Waals surface area contributed by atoms with Crippen molar-refractivity contribution in [2.45, 2.75) is 32.5 Å². The van der Waals surface area contributed by atoms with Crippen LogP contribution < -0.4 is 5.32 Å². The number of thiazole rings is 1. The summed E-state index contributed by atoms with van der Waals surface area (Å²) < 4.78 is 7.33. The van der Waals surface area contributed by atoms with Crippen LogP contribution >= 0.6 is 11.3 Å². The zero-order valence-corrected chi connectivity index (χ0v) is 12.9. The Balaban J connectivity index is 1.58. The molecular formula is C15H18N4OS. The van der Waals surface area contributed by atoms with Gasteiger partial charge < -0.3 is 9.73 Å². The fourth-order valence-corrected chi connectivity index (χ4v) is 2.87. The molecule has 3 aromatic heterocycles. The molecule has 5 nitrogen and oxygen atoms in total. The third-order valence-corrected chi connectivity index (χ3v) is 4.46. The van der Waals surface area contributed by atoms with Gasteiger partial charge in [-0.2, -0.15) is 5.10 Å². The van der Waals surface area contributed by atoms with E-state index >= 15 is 0 Å². The number of nitrogens with zero attached hydrogens (tertiary/aromatic N) is 3. The van der Waals surface area contributed by atoms with Crippen molar-refractivity contribution in [3.8, 4) is 10.8 Å². The molecule has 0 aromatic carbocycles. The zero-order chi connectivity index (χ0) is 14.7. The molecule has 110 valence electrons. The molecule has 21 heavy (non-hydrogen) atoms. The summed E-state index contributed by atoms with van der Waals surface area (Å²) in [7, 11) is 0. The molecule has 3 aromatic rings. The maximum Gasteiger partial charge on any atom is 0.162 e. The van der Waals surface area contributed by atoms with E-state index in [1.165, 1.54) is 0 Å². The highest BCUT2D eigenvalue weighted by molar-refractivity contribution is 7.13. The standard InChI is InChI=1S/C15H18N4OS/c1-11(12(2)19-7-4-6-17-19)16-9-13-10-21-15(18-13)14-5-3-8-20-14/h3-8,10-12,16H,9H2,1-2H3/t11-,12-/m0/s1. The normalized spacial score (nSPS) is 14.2. The van der Waals surface area contributed by atoms with E-state index in [1.54, 1.807) is 23.8 Å². The number of hydrogen-bond acceptors (Lipinski definition) is 5. The fourth-order valence-electron chi connectivity index (χ4n) is 2.09. The number of furan rings is 1. The average molecular weight is 302 g/mol. The lowest BCUT2D eigenvalue weighted by Gasteiger charge is -2.21. The summed E-state index contributed by atoms with van der Waals surface area (Å²) in [6, 6.07) is 6.35. The Labute approximate surface area is 127 Å². The lowest BCUT2D eigenvalue weighted by molar-refractivity contribution is 0.364. The number of rotatable bonds is 6. The molecule has 0 saturated carbocycles. The van der Waals surface area contributed by atoms with Crippen LogP contribution in [0.2, 0.25) is 0 Å². The third kappa shape index (κ3) is 3.22. The summed E-state index contributed by atoms with van der Waals surface area (Å²) in [6.45, 7) is 5.05. The second kappa shape index (κ2) is 6.24. The van der Waals surface area contributed by atoms with Gasteiger partial charge in [0.15, 0.2) is 10.8 Å². The SMILES string of the molecule is C[C@H](NCc1csc(-c2ccco2)n1)[C@H](C)n1cccn1. The van der Waals surface area contributed by atoms with E-state index in [9.17, 15) is 0 Å². The van der Waals surface area contributed by atoms with Gasteiger partial charge in [-0.3, -0.25) is 4.68 Å². The lowest BCUT2D eigenvalue weighted by Crippen LogP contribution is -2.33. The molecule has 0 aliphatic rings. The van der Waals surface area contributed by atoms with E-state index in [-0.39, 0.29) is 0 Å². The topological polar surface area (TPSA) is 55.9 Å². The first-order valence-electron chi connectivity index (χ1n) is 6.95. The Bertz CT molecular complexity index is 660. The van der Waals surface area contributed by atoms with E-state index in [0.29, 0.717) is 12.1 Å². The van der Waals surface area contributed by atoms with Gasteiger partial charge in [-0.25, -0.2) is 4.98 Å². The minimum absolute atomic E-state index is 0.295. The number of hydrogen-bond donors (Lipinski definition) is 1. The first-order valence-corrected chi connectivity index (χ1v) is 7.83. The monoisotopic (exact) mass is 302 g/mol. The molecule has 0 fully saturated rings. The molecule has 0 aliphatic heterocycles. The maximum absolute atomic E-state index is 5.36. The van der Waals surface area contributed by atoms with Crippen LogP contribution in [0, 0.1) is 0 Å². The van der Waals surface area contributed by atoms with Gasteiger partial charge in [0, 0.05) is 30.4 Å². The third-order valence-electron chi connectivity index (χ3n) is 3.55. The Kier molecular flexibility index (Phi) is 4.17. The molecule has 1 N–H and O–H groups in total. The highest BCUT2D eigenvalue weighted by Crippen LogP contribution is 2.24. The summed E-state index contributed by atoms with van der Waals surface area (Å²) in [5.74, 6) is 0.823. The number of aromatic nitrogens is 3. The van der Waals surface area contributed by atoms with Gasteiger partial charge in [-0.05, 0) is 32.0 Å². The smallest absolute Gasteiger partial charge is 0.162 e. The van der Waals surface area contributed by atoms with Gasteiger partial charge in [-0.1, -0.05) is 0 Å². The van der Waals surface area contributed by atoms with Gasteiger partial charge in [0.25, 0.3) is 0 Å². The summed E-state index contributed by atoms with van der Waals surface area (Å²) in [4.78, 5) is 4.59. The number of nitrogens with one attached hydrogen (secondary N) is 1. The van der Waals surface area contributed by atoms with Crippen molar-refractivity contribution >= 4 is 11.3 Å². The summed E-state index contributed by atoms with van der Waals surface area (Å²) >= 11 is 1.60. The highest BCUT2D eigenvalue weighted by atomic mass is 32.1. The molecule has 0 saturated heterocycles. The van der Waals surface area contributed by atoms with E-state index in [1.807, 2.05) is 29.1 Å². The first kappa shape index (κ1) is 14.0. The average Bonchev–Trinajstić information content (AvgIpc) is 3.25. The zero-order valence-electron chi connectivity index (χ0n) is 12.1. The summed E-state index contributed by atoms with van der Waals surface area (Å²) in [5, 5.41) is 10.8. The molecular weight excluding hydrogens is 284 g/mol. The molecule has 0 aliphatic carbocycles. The highest BCUT2D eigenvalue weighted by Gasteiger charge is 2.14. The van der Waals surface area contributed by atoms with Gasteiger partial charge in [0.05, 0.1) is 18.0 Å². The quantitative estimate of drug-likeness (QED) is 0.759. The Hall–Kier alpha value is -1.92. The van der Waals surface area contributed by atoms with E-state index in [4.69, 9.17) is 4.42 Å². The van der Waals surface area contributed by atoms with Gasteiger partial charge >= 0.3 is 0 Å². The largest absolute Gasteiger partial charge is 0.462 e. The van der Waals surface area contributed by atoms with Crippen LogP contribution in [0.5, 0.6) is 0 Å². The summed E-state index contributed by atoms with van der Waals surface area (Å²) in [5.41, 5.74) is 1.03. The Morgan fingerprint density at radius 1 is 1.38 bits per heavy atom. The Morgan fingerprint density at radius 3 is 3.00 bits per heavy atom. The predicted molar refractivity (Wildman–Crippen MR) is 83.1 cm³/mol. The van der Waals surface area contributed by atoms with Crippen molar-refractivity contribution in [1.82, 2.24) is 20.1 Å². The first-order chi connectivity index (χ1) is 10.2.